The summed E-state index contributed by atoms with van der Waals surface area (Å²) in [7, 11) is 0. The van der Waals surface area contributed by atoms with E-state index in [0.717, 1.165) is 34.6 Å². The summed E-state index contributed by atoms with van der Waals surface area (Å²) in [6, 6.07) is 16.6. The number of hydrogen-bond acceptors (Lipinski definition) is 4. The number of aromatic nitrogens is 5. The SMILES string of the molecule is c1ccc(Cn2c(SCc3cn4ccccc4n3)nnc2C2CC2)cc1. The van der Waals surface area contributed by atoms with Crippen molar-refractivity contribution < 1.29 is 0 Å². The maximum absolute atomic E-state index is 4.68. The quantitative estimate of drug-likeness (QED) is 0.484. The van der Waals surface area contributed by atoms with Crippen LogP contribution in [-0.4, -0.2) is 24.1 Å². The summed E-state index contributed by atoms with van der Waals surface area (Å²) >= 11 is 1.71. The van der Waals surface area contributed by atoms with Crippen molar-refractivity contribution in [1.82, 2.24) is 24.1 Å². The van der Waals surface area contributed by atoms with Crippen molar-refractivity contribution in [3.63, 3.8) is 0 Å². The molecule has 1 aliphatic rings. The molecule has 3 aromatic heterocycles. The van der Waals surface area contributed by atoms with E-state index in [0.29, 0.717) is 5.92 Å². The molecular formula is C20H19N5S. The minimum Gasteiger partial charge on any atom is -0.307 e. The summed E-state index contributed by atoms with van der Waals surface area (Å²) in [6.07, 6.45) is 6.57. The van der Waals surface area contributed by atoms with Gasteiger partial charge in [-0.25, -0.2) is 4.98 Å². The third-order valence-electron chi connectivity index (χ3n) is 4.63. The number of thioether (sulfide) groups is 1. The van der Waals surface area contributed by atoms with E-state index in [2.05, 4.69) is 60.7 Å². The predicted molar refractivity (Wildman–Crippen MR) is 102 cm³/mol. The van der Waals surface area contributed by atoms with Gasteiger partial charge in [0.2, 0.25) is 0 Å². The van der Waals surface area contributed by atoms with Crippen LogP contribution in [0.2, 0.25) is 0 Å². The van der Waals surface area contributed by atoms with Gasteiger partial charge in [-0.3, -0.25) is 0 Å². The van der Waals surface area contributed by atoms with Gasteiger partial charge in [-0.05, 0) is 30.5 Å². The molecule has 0 unspecified atom stereocenters. The zero-order valence-corrected chi connectivity index (χ0v) is 15.1. The Morgan fingerprint density at radius 2 is 1.85 bits per heavy atom. The van der Waals surface area contributed by atoms with E-state index in [1.807, 2.05) is 24.4 Å². The lowest BCUT2D eigenvalue weighted by molar-refractivity contribution is 0.667. The van der Waals surface area contributed by atoms with Gasteiger partial charge in [0.15, 0.2) is 5.16 Å². The third kappa shape index (κ3) is 3.12. The van der Waals surface area contributed by atoms with Crippen LogP contribution in [0.5, 0.6) is 0 Å². The molecule has 1 fully saturated rings. The van der Waals surface area contributed by atoms with Crippen molar-refractivity contribution in [3.05, 3.63) is 78.0 Å². The molecule has 5 rings (SSSR count). The minimum atomic E-state index is 0.579. The molecule has 3 heterocycles. The van der Waals surface area contributed by atoms with Crippen LogP contribution in [0.15, 0.2) is 66.1 Å². The average molecular weight is 361 g/mol. The molecule has 0 radical (unpaired) electrons. The molecule has 0 spiro atoms. The van der Waals surface area contributed by atoms with Crippen LogP contribution >= 0.6 is 11.8 Å². The Morgan fingerprint density at radius 1 is 1.00 bits per heavy atom. The number of benzene rings is 1. The molecule has 0 amide bonds. The maximum Gasteiger partial charge on any atom is 0.191 e. The van der Waals surface area contributed by atoms with Crippen LogP contribution in [0.3, 0.4) is 0 Å². The van der Waals surface area contributed by atoms with Gasteiger partial charge in [0.25, 0.3) is 0 Å². The van der Waals surface area contributed by atoms with Crippen LogP contribution in [0, 0.1) is 0 Å². The van der Waals surface area contributed by atoms with Crippen molar-refractivity contribution in [2.75, 3.05) is 0 Å². The van der Waals surface area contributed by atoms with Crippen LogP contribution in [-0.2, 0) is 12.3 Å². The molecule has 0 atom stereocenters. The summed E-state index contributed by atoms with van der Waals surface area (Å²) in [6.45, 7) is 0.827. The standard InChI is InChI=1S/C20H19N5S/c1-2-6-15(7-3-1)12-25-19(16-9-10-16)22-23-20(25)26-14-17-13-24-11-5-4-8-18(24)21-17/h1-8,11,13,16H,9-10,12,14H2. The van der Waals surface area contributed by atoms with Gasteiger partial charge in [-0.1, -0.05) is 48.2 Å². The average Bonchev–Trinajstić information content (AvgIpc) is 3.31. The van der Waals surface area contributed by atoms with Crippen molar-refractivity contribution in [3.8, 4) is 0 Å². The first-order valence-electron chi connectivity index (χ1n) is 8.89. The zero-order chi connectivity index (χ0) is 17.3. The fourth-order valence-corrected chi connectivity index (χ4v) is 3.99. The summed E-state index contributed by atoms with van der Waals surface area (Å²) < 4.78 is 4.34. The highest BCUT2D eigenvalue weighted by atomic mass is 32.2. The van der Waals surface area contributed by atoms with Gasteiger partial charge >= 0.3 is 0 Å². The predicted octanol–water partition coefficient (Wildman–Crippen LogP) is 4.14. The molecule has 26 heavy (non-hydrogen) atoms. The Kier molecular flexibility index (Phi) is 3.97. The van der Waals surface area contributed by atoms with Gasteiger partial charge in [0, 0.05) is 24.1 Å². The molecule has 1 saturated carbocycles. The Bertz CT molecular complexity index is 1000. The Morgan fingerprint density at radius 3 is 2.65 bits per heavy atom. The molecule has 130 valence electrons. The van der Waals surface area contributed by atoms with E-state index < -0.39 is 0 Å². The van der Waals surface area contributed by atoms with Gasteiger partial charge in [-0.2, -0.15) is 0 Å². The lowest BCUT2D eigenvalue weighted by atomic mass is 10.2. The van der Waals surface area contributed by atoms with Gasteiger partial charge in [-0.15, -0.1) is 10.2 Å². The summed E-state index contributed by atoms with van der Waals surface area (Å²) in [4.78, 5) is 4.68. The number of rotatable bonds is 6. The van der Waals surface area contributed by atoms with Crippen LogP contribution < -0.4 is 0 Å². The fourth-order valence-electron chi connectivity index (χ4n) is 3.16. The van der Waals surface area contributed by atoms with Crippen LogP contribution in [0.25, 0.3) is 5.65 Å². The largest absolute Gasteiger partial charge is 0.307 e. The number of hydrogen-bond donors (Lipinski definition) is 0. The first-order chi connectivity index (χ1) is 12.9. The lowest BCUT2D eigenvalue weighted by Crippen LogP contribution is -2.06. The molecule has 0 aliphatic heterocycles. The molecule has 6 heteroatoms. The summed E-state index contributed by atoms with van der Waals surface area (Å²) in [5, 5.41) is 9.96. The van der Waals surface area contributed by atoms with E-state index in [1.165, 1.54) is 18.4 Å². The Balaban J connectivity index is 1.39. The molecule has 1 aliphatic carbocycles. The fraction of sp³-hybridized carbons (Fsp3) is 0.250. The molecule has 5 nitrogen and oxygen atoms in total. The molecule has 1 aromatic carbocycles. The van der Waals surface area contributed by atoms with E-state index in [4.69, 9.17) is 0 Å². The lowest BCUT2D eigenvalue weighted by Gasteiger charge is -2.09. The molecular weight excluding hydrogens is 342 g/mol. The first-order valence-corrected chi connectivity index (χ1v) is 9.88. The van der Waals surface area contributed by atoms with Crippen molar-refractivity contribution in [2.24, 2.45) is 0 Å². The van der Waals surface area contributed by atoms with E-state index >= 15 is 0 Å². The summed E-state index contributed by atoms with van der Waals surface area (Å²) in [5.41, 5.74) is 3.32. The highest BCUT2D eigenvalue weighted by molar-refractivity contribution is 7.98. The van der Waals surface area contributed by atoms with Crippen molar-refractivity contribution >= 4 is 17.4 Å². The van der Waals surface area contributed by atoms with Crippen molar-refractivity contribution in [1.29, 1.82) is 0 Å². The van der Waals surface area contributed by atoms with Gasteiger partial charge in [0.1, 0.15) is 11.5 Å². The molecule has 0 N–H and O–H groups in total. The number of fused-ring (bicyclic) bond motifs is 1. The monoisotopic (exact) mass is 361 g/mol. The first kappa shape index (κ1) is 15.6. The second kappa shape index (κ2) is 6.61. The minimum absolute atomic E-state index is 0.579. The Labute approximate surface area is 156 Å². The smallest absolute Gasteiger partial charge is 0.191 e. The zero-order valence-electron chi connectivity index (χ0n) is 14.3. The second-order valence-corrected chi connectivity index (χ2v) is 7.62. The third-order valence-corrected chi connectivity index (χ3v) is 5.63. The van der Waals surface area contributed by atoms with Gasteiger partial charge in [0.05, 0.1) is 12.2 Å². The Hall–Kier alpha value is -2.60. The number of nitrogens with zero attached hydrogens (tertiary/aromatic N) is 5. The summed E-state index contributed by atoms with van der Waals surface area (Å²) in [5.74, 6) is 2.50. The molecule has 0 bridgehead atoms. The maximum atomic E-state index is 4.68. The highest BCUT2D eigenvalue weighted by Crippen LogP contribution is 2.40. The van der Waals surface area contributed by atoms with E-state index in [-0.39, 0.29) is 0 Å². The van der Waals surface area contributed by atoms with Crippen LogP contribution in [0.4, 0.5) is 0 Å². The number of pyridine rings is 1. The molecule has 4 aromatic rings. The highest BCUT2D eigenvalue weighted by Gasteiger charge is 2.30. The number of imidazole rings is 1. The van der Waals surface area contributed by atoms with Crippen LogP contribution in [0.1, 0.15) is 35.8 Å². The molecule has 0 saturated heterocycles. The van der Waals surface area contributed by atoms with E-state index in [1.54, 1.807) is 11.8 Å². The van der Waals surface area contributed by atoms with E-state index in [9.17, 15) is 0 Å². The second-order valence-electron chi connectivity index (χ2n) is 6.67. The topological polar surface area (TPSA) is 48.0 Å². The van der Waals surface area contributed by atoms with Gasteiger partial charge < -0.3 is 8.97 Å². The van der Waals surface area contributed by atoms with Crippen molar-refractivity contribution in [2.45, 2.75) is 36.2 Å². The normalized spacial score (nSPS) is 14.2.